The van der Waals surface area contributed by atoms with Gasteiger partial charge in [0.2, 0.25) is 0 Å². The minimum atomic E-state index is -2.61. The summed E-state index contributed by atoms with van der Waals surface area (Å²) < 4.78 is 13.0. The number of carbonyl (C=O) groups excluding carboxylic acids is 1. The number of hydrogen-bond donors (Lipinski definition) is 0. The largest absolute Gasteiger partial charge is 0.405 e. The van der Waals surface area contributed by atoms with Crippen LogP contribution < -0.4 is 10.4 Å². The maximum Gasteiger partial charge on any atom is 0.261 e. The molecule has 1 aliphatic heterocycles. The standard InChI is InChI=1S/C25H32O3Si/c1-6-19(2)24-23(26)17-20(28-24)18-27-29(25(3,4)5,21-13-9-7-10-14-21)22-15-11-8-12-16-22/h6-16,19-20,24H,1,17-18H2,2-5H3/t19-,20-,24+/m0/s1. The molecule has 29 heavy (non-hydrogen) atoms. The van der Waals surface area contributed by atoms with E-state index in [0.29, 0.717) is 13.0 Å². The normalized spacial score (nSPS) is 21.2. The Morgan fingerprint density at radius 3 is 2.07 bits per heavy atom. The van der Waals surface area contributed by atoms with Gasteiger partial charge in [0.25, 0.3) is 8.32 Å². The van der Waals surface area contributed by atoms with Crippen molar-refractivity contribution in [1.29, 1.82) is 0 Å². The zero-order valence-corrected chi connectivity index (χ0v) is 18.9. The summed E-state index contributed by atoms with van der Waals surface area (Å²) in [6, 6.07) is 21.1. The Bertz CT molecular complexity index is 787. The van der Waals surface area contributed by atoms with Gasteiger partial charge in [-0.3, -0.25) is 4.79 Å². The van der Waals surface area contributed by atoms with E-state index in [1.807, 2.05) is 19.1 Å². The summed E-state index contributed by atoms with van der Waals surface area (Å²) in [6.45, 7) is 13.0. The highest BCUT2D eigenvalue weighted by Gasteiger charge is 2.51. The Hall–Kier alpha value is -2.01. The number of carbonyl (C=O) groups is 1. The Morgan fingerprint density at radius 1 is 1.10 bits per heavy atom. The molecule has 1 aliphatic rings. The molecule has 1 fully saturated rings. The Morgan fingerprint density at radius 2 is 1.62 bits per heavy atom. The van der Waals surface area contributed by atoms with Crippen LogP contribution in [0.15, 0.2) is 73.3 Å². The Kier molecular flexibility index (Phi) is 6.57. The summed E-state index contributed by atoms with van der Waals surface area (Å²) in [5.74, 6) is 0.161. The maximum atomic E-state index is 12.4. The van der Waals surface area contributed by atoms with Crippen LogP contribution in [-0.2, 0) is 14.0 Å². The molecule has 0 radical (unpaired) electrons. The SMILES string of the molecule is C=C[C@H](C)[C@H]1O[C@H](CO[Si](c2ccccc2)(c2ccccc2)C(C)(C)C)CC1=O. The summed E-state index contributed by atoms with van der Waals surface area (Å²) >= 11 is 0. The molecular weight excluding hydrogens is 376 g/mol. The van der Waals surface area contributed by atoms with Gasteiger partial charge in [0.1, 0.15) is 6.10 Å². The van der Waals surface area contributed by atoms with Gasteiger partial charge in [0.05, 0.1) is 12.7 Å². The van der Waals surface area contributed by atoms with Crippen LogP contribution in [0.2, 0.25) is 5.04 Å². The van der Waals surface area contributed by atoms with Crippen molar-refractivity contribution in [2.75, 3.05) is 6.61 Å². The second-order valence-electron chi connectivity index (χ2n) is 8.92. The minimum Gasteiger partial charge on any atom is -0.405 e. The third-order valence-electron chi connectivity index (χ3n) is 5.84. The first-order valence-corrected chi connectivity index (χ1v) is 12.3. The fourth-order valence-corrected chi connectivity index (χ4v) is 8.88. The highest BCUT2D eigenvalue weighted by Crippen LogP contribution is 2.37. The number of benzene rings is 2. The lowest BCUT2D eigenvalue weighted by molar-refractivity contribution is -0.124. The Labute approximate surface area is 175 Å². The molecule has 0 saturated carbocycles. The summed E-state index contributed by atoms with van der Waals surface area (Å²) in [7, 11) is -2.61. The number of ether oxygens (including phenoxy) is 1. The molecule has 2 aromatic carbocycles. The van der Waals surface area contributed by atoms with Crippen molar-refractivity contribution in [3.05, 3.63) is 73.3 Å². The van der Waals surface area contributed by atoms with Gasteiger partial charge in [-0.2, -0.15) is 0 Å². The number of Topliss-reactive ketones (excluding diaryl/α,β-unsaturated/α-hetero) is 1. The monoisotopic (exact) mass is 408 g/mol. The molecule has 0 bridgehead atoms. The van der Waals surface area contributed by atoms with Crippen LogP contribution in [0.5, 0.6) is 0 Å². The number of hydrogen-bond acceptors (Lipinski definition) is 3. The van der Waals surface area contributed by atoms with Crippen LogP contribution in [0.25, 0.3) is 0 Å². The van der Waals surface area contributed by atoms with Crippen molar-refractivity contribution in [2.45, 2.75) is 51.4 Å². The molecule has 154 valence electrons. The minimum absolute atomic E-state index is 0.0142. The van der Waals surface area contributed by atoms with E-state index < -0.39 is 14.4 Å². The van der Waals surface area contributed by atoms with E-state index >= 15 is 0 Å². The highest BCUT2D eigenvalue weighted by molar-refractivity contribution is 6.99. The molecule has 1 heterocycles. The lowest BCUT2D eigenvalue weighted by Gasteiger charge is -2.43. The molecule has 1 saturated heterocycles. The van der Waals surface area contributed by atoms with Crippen molar-refractivity contribution in [1.82, 2.24) is 0 Å². The van der Waals surface area contributed by atoms with Gasteiger partial charge in [0, 0.05) is 12.3 Å². The molecule has 0 amide bonds. The van der Waals surface area contributed by atoms with Gasteiger partial charge in [-0.1, -0.05) is 94.4 Å². The van der Waals surface area contributed by atoms with E-state index in [1.165, 1.54) is 10.4 Å². The molecule has 0 aromatic heterocycles. The van der Waals surface area contributed by atoms with Gasteiger partial charge in [-0.05, 0) is 15.4 Å². The average molecular weight is 409 g/mol. The van der Waals surface area contributed by atoms with Crippen LogP contribution in [0, 0.1) is 5.92 Å². The van der Waals surface area contributed by atoms with Gasteiger partial charge in [-0.15, -0.1) is 6.58 Å². The lowest BCUT2D eigenvalue weighted by atomic mass is 10.0. The zero-order valence-electron chi connectivity index (χ0n) is 17.9. The molecule has 3 nitrogen and oxygen atoms in total. The molecule has 0 spiro atoms. The van der Waals surface area contributed by atoms with Crippen molar-refractivity contribution in [3.63, 3.8) is 0 Å². The average Bonchev–Trinajstić information content (AvgIpc) is 3.09. The van der Waals surface area contributed by atoms with E-state index in [0.717, 1.165) is 0 Å². The van der Waals surface area contributed by atoms with Crippen molar-refractivity contribution in [2.24, 2.45) is 5.92 Å². The van der Waals surface area contributed by atoms with Gasteiger partial charge >= 0.3 is 0 Å². The van der Waals surface area contributed by atoms with E-state index in [9.17, 15) is 4.79 Å². The second-order valence-corrected chi connectivity index (χ2v) is 13.2. The predicted molar refractivity (Wildman–Crippen MR) is 121 cm³/mol. The van der Waals surface area contributed by atoms with Crippen molar-refractivity contribution in [3.8, 4) is 0 Å². The molecule has 3 atom stereocenters. The van der Waals surface area contributed by atoms with E-state index in [1.54, 1.807) is 6.08 Å². The molecule has 2 aromatic rings. The predicted octanol–water partition coefficient (Wildman–Crippen LogP) is 4.11. The molecule has 0 unspecified atom stereocenters. The summed E-state index contributed by atoms with van der Waals surface area (Å²) in [5, 5.41) is 2.38. The van der Waals surface area contributed by atoms with Gasteiger partial charge in [-0.25, -0.2) is 0 Å². The van der Waals surface area contributed by atoms with Crippen LogP contribution in [0.3, 0.4) is 0 Å². The summed E-state index contributed by atoms with van der Waals surface area (Å²) in [4.78, 5) is 12.4. The lowest BCUT2D eigenvalue weighted by Crippen LogP contribution is -2.67. The molecule has 4 heteroatoms. The third kappa shape index (κ3) is 4.30. The van der Waals surface area contributed by atoms with Crippen LogP contribution in [0.4, 0.5) is 0 Å². The maximum absolute atomic E-state index is 12.4. The van der Waals surface area contributed by atoms with Gasteiger partial charge in [0.15, 0.2) is 5.78 Å². The molecule has 3 rings (SSSR count). The quantitative estimate of drug-likeness (QED) is 0.511. The van der Waals surface area contributed by atoms with E-state index in [4.69, 9.17) is 9.16 Å². The van der Waals surface area contributed by atoms with Crippen LogP contribution in [-0.4, -0.2) is 32.9 Å². The van der Waals surface area contributed by atoms with Crippen molar-refractivity contribution < 1.29 is 14.0 Å². The first kappa shape index (κ1) is 21.7. The van der Waals surface area contributed by atoms with Crippen LogP contribution >= 0.6 is 0 Å². The fourth-order valence-electron chi connectivity index (χ4n) is 4.29. The highest BCUT2D eigenvalue weighted by atomic mass is 28.4. The summed E-state index contributed by atoms with van der Waals surface area (Å²) in [5.41, 5.74) is 0. The Balaban J connectivity index is 1.95. The molecule has 0 aliphatic carbocycles. The first-order chi connectivity index (χ1) is 13.8. The third-order valence-corrected chi connectivity index (χ3v) is 10.8. The number of ketones is 1. The molecule has 0 N–H and O–H groups in total. The van der Waals surface area contributed by atoms with E-state index in [2.05, 4.69) is 75.9 Å². The number of rotatable bonds is 7. The van der Waals surface area contributed by atoms with Crippen LogP contribution in [0.1, 0.15) is 34.1 Å². The second kappa shape index (κ2) is 8.78. The first-order valence-electron chi connectivity index (χ1n) is 10.4. The van der Waals surface area contributed by atoms with E-state index in [-0.39, 0.29) is 22.8 Å². The molecular formula is C25H32O3Si. The summed E-state index contributed by atoms with van der Waals surface area (Å²) in [6.07, 6.45) is 1.58. The smallest absolute Gasteiger partial charge is 0.261 e. The van der Waals surface area contributed by atoms with Crippen molar-refractivity contribution >= 4 is 24.5 Å². The topological polar surface area (TPSA) is 35.5 Å². The van der Waals surface area contributed by atoms with Gasteiger partial charge < -0.3 is 9.16 Å². The zero-order chi connectivity index (χ0) is 21.1. The fraction of sp³-hybridized carbons (Fsp3) is 0.400.